The Bertz CT molecular complexity index is 490. The molecule has 1 heterocycles. The molecule has 2 rings (SSSR count). The van der Waals surface area contributed by atoms with Crippen LogP contribution in [0.5, 0.6) is 0 Å². The first-order valence-corrected chi connectivity index (χ1v) is 6.74. The van der Waals surface area contributed by atoms with Crippen LogP contribution in [0.4, 0.5) is 5.69 Å². The number of halogens is 1. The quantitative estimate of drug-likeness (QED) is 0.863. The fourth-order valence-electron chi connectivity index (χ4n) is 2.44. The molecule has 1 aliphatic rings. The third kappa shape index (κ3) is 3.07. The van der Waals surface area contributed by atoms with Crippen LogP contribution in [-0.4, -0.2) is 32.3 Å². The van der Waals surface area contributed by atoms with Crippen molar-refractivity contribution in [3.63, 3.8) is 0 Å². The summed E-state index contributed by atoms with van der Waals surface area (Å²) in [6.45, 7) is 1.60. The molecule has 1 N–H and O–H groups in total. The number of aldehydes is 1. The normalized spacial score (nSPS) is 19.1. The molecule has 1 unspecified atom stereocenters. The van der Waals surface area contributed by atoms with Gasteiger partial charge in [-0.3, -0.25) is 9.59 Å². The predicted octanol–water partition coefficient (Wildman–Crippen LogP) is 2.11. The van der Waals surface area contributed by atoms with Gasteiger partial charge in [-0.2, -0.15) is 0 Å². The summed E-state index contributed by atoms with van der Waals surface area (Å²) >= 11 is 6.04. The summed E-state index contributed by atoms with van der Waals surface area (Å²) in [5.74, 6) is 0.101. The average molecular weight is 281 g/mol. The third-order valence-electron chi connectivity index (χ3n) is 3.51. The van der Waals surface area contributed by atoms with Gasteiger partial charge in [-0.25, -0.2) is 0 Å². The number of hydrogen-bond acceptors (Lipinski definition) is 3. The first-order chi connectivity index (χ1) is 9.15. The first-order valence-electron chi connectivity index (χ1n) is 6.37. The average Bonchev–Trinajstić information content (AvgIpc) is 2.46. The maximum atomic E-state index is 11.7. The van der Waals surface area contributed by atoms with Crippen molar-refractivity contribution >= 4 is 29.5 Å². The summed E-state index contributed by atoms with van der Waals surface area (Å²) in [7, 11) is 1.66. The second kappa shape index (κ2) is 6.06. The summed E-state index contributed by atoms with van der Waals surface area (Å²) in [6, 6.07) is 5.38. The van der Waals surface area contributed by atoms with E-state index in [2.05, 4.69) is 10.2 Å². The molecule has 0 spiro atoms. The monoisotopic (exact) mass is 280 g/mol. The van der Waals surface area contributed by atoms with Gasteiger partial charge in [0.1, 0.15) is 0 Å². The summed E-state index contributed by atoms with van der Waals surface area (Å²) in [4.78, 5) is 24.6. The van der Waals surface area contributed by atoms with E-state index in [1.165, 1.54) is 0 Å². The number of rotatable bonds is 3. The number of nitrogens with one attached hydrogen (secondary N) is 1. The molecule has 4 nitrogen and oxygen atoms in total. The van der Waals surface area contributed by atoms with Gasteiger partial charge in [-0.15, -0.1) is 0 Å². The Balaban J connectivity index is 2.15. The van der Waals surface area contributed by atoms with E-state index in [-0.39, 0.29) is 11.8 Å². The van der Waals surface area contributed by atoms with Gasteiger partial charge in [0.2, 0.25) is 5.91 Å². The van der Waals surface area contributed by atoms with E-state index in [1.807, 2.05) is 6.07 Å². The van der Waals surface area contributed by atoms with E-state index in [0.717, 1.165) is 31.4 Å². The minimum absolute atomic E-state index is 0.0169. The van der Waals surface area contributed by atoms with Gasteiger partial charge in [0, 0.05) is 31.4 Å². The van der Waals surface area contributed by atoms with Crippen molar-refractivity contribution in [1.29, 1.82) is 0 Å². The Morgan fingerprint density at radius 2 is 2.32 bits per heavy atom. The van der Waals surface area contributed by atoms with Crippen LogP contribution in [-0.2, 0) is 4.79 Å². The number of piperidine rings is 1. The Kier molecular flexibility index (Phi) is 4.43. The minimum atomic E-state index is 0.0169. The zero-order chi connectivity index (χ0) is 13.8. The smallest absolute Gasteiger partial charge is 0.224 e. The molecule has 0 aliphatic carbocycles. The molecule has 0 radical (unpaired) electrons. The molecular weight excluding hydrogens is 264 g/mol. The lowest BCUT2D eigenvalue weighted by atomic mass is 9.96. The SMILES string of the molecule is CNC(=O)C1CCCN(c2ccc(C=O)c(Cl)c2)C1. The Morgan fingerprint density at radius 3 is 2.95 bits per heavy atom. The van der Waals surface area contributed by atoms with Crippen molar-refractivity contribution in [2.24, 2.45) is 5.92 Å². The fourth-order valence-corrected chi connectivity index (χ4v) is 2.66. The van der Waals surface area contributed by atoms with Gasteiger partial charge in [-0.1, -0.05) is 11.6 Å². The number of hydrogen-bond donors (Lipinski definition) is 1. The number of nitrogens with zero attached hydrogens (tertiary/aromatic N) is 1. The van der Waals surface area contributed by atoms with Crippen LogP contribution in [0.3, 0.4) is 0 Å². The Labute approximate surface area is 117 Å². The highest BCUT2D eigenvalue weighted by molar-refractivity contribution is 6.33. The minimum Gasteiger partial charge on any atom is -0.371 e. The molecule has 1 fully saturated rings. The maximum Gasteiger partial charge on any atom is 0.224 e. The number of carbonyl (C=O) groups excluding carboxylic acids is 2. The van der Waals surface area contributed by atoms with E-state index in [4.69, 9.17) is 11.6 Å². The van der Waals surface area contributed by atoms with Crippen LogP contribution in [0, 0.1) is 5.92 Å². The number of benzene rings is 1. The topological polar surface area (TPSA) is 49.4 Å². The van der Waals surface area contributed by atoms with Crippen LogP contribution < -0.4 is 10.2 Å². The Hall–Kier alpha value is -1.55. The molecule has 1 aliphatic heterocycles. The molecule has 1 aromatic rings. The van der Waals surface area contributed by atoms with Gasteiger partial charge in [0.05, 0.1) is 10.9 Å². The molecule has 1 aromatic carbocycles. The lowest BCUT2D eigenvalue weighted by Crippen LogP contribution is -2.42. The van der Waals surface area contributed by atoms with E-state index in [9.17, 15) is 9.59 Å². The molecule has 1 amide bonds. The van der Waals surface area contributed by atoms with Crippen molar-refractivity contribution in [3.05, 3.63) is 28.8 Å². The lowest BCUT2D eigenvalue weighted by Gasteiger charge is -2.33. The van der Waals surface area contributed by atoms with Crippen LogP contribution in [0.25, 0.3) is 0 Å². The molecular formula is C14H17ClN2O2. The summed E-state index contributed by atoms with van der Waals surface area (Å²) in [6.07, 6.45) is 2.64. The highest BCUT2D eigenvalue weighted by Gasteiger charge is 2.25. The van der Waals surface area contributed by atoms with Crippen molar-refractivity contribution < 1.29 is 9.59 Å². The lowest BCUT2D eigenvalue weighted by molar-refractivity contribution is -0.124. The molecule has 0 aromatic heterocycles. The van der Waals surface area contributed by atoms with E-state index >= 15 is 0 Å². The second-order valence-corrected chi connectivity index (χ2v) is 5.13. The zero-order valence-corrected chi connectivity index (χ0v) is 11.6. The summed E-state index contributed by atoms with van der Waals surface area (Å²) in [5.41, 5.74) is 1.45. The summed E-state index contributed by atoms with van der Waals surface area (Å²) < 4.78 is 0. The van der Waals surface area contributed by atoms with E-state index in [1.54, 1.807) is 19.2 Å². The van der Waals surface area contributed by atoms with Crippen molar-refractivity contribution in [2.45, 2.75) is 12.8 Å². The van der Waals surface area contributed by atoms with Gasteiger partial charge in [0.15, 0.2) is 6.29 Å². The number of amides is 1. The van der Waals surface area contributed by atoms with Gasteiger partial charge in [0.25, 0.3) is 0 Å². The van der Waals surface area contributed by atoms with Crippen LogP contribution in [0.1, 0.15) is 23.2 Å². The van der Waals surface area contributed by atoms with Crippen LogP contribution in [0.2, 0.25) is 5.02 Å². The molecule has 1 saturated heterocycles. The largest absolute Gasteiger partial charge is 0.371 e. The van der Waals surface area contributed by atoms with Gasteiger partial charge >= 0.3 is 0 Å². The van der Waals surface area contributed by atoms with E-state index < -0.39 is 0 Å². The third-order valence-corrected chi connectivity index (χ3v) is 3.84. The summed E-state index contributed by atoms with van der Waals surface area (Å²) in [5, 5.41) is 3.15. The molecule has 0 saturated carbocycles. The number of anilines is 1. The molecule has 1 atom stereocenters. The second-order valence-electron chi connectivity index (χ2n) is 4.72. The van der Waals surface area contributed by atoms with E-state index in [0.29, 0.717) is 17.1 Å². The first kappa shape index (κ1) is 13.9. The Morgan fingerprint density at radius 1 is 1.53 bits per heavy atom. The fraction of sp³-hybridized carbons (Fsp3) is 0.429. The highest BCUT2D eigenvalue weighted by Crippen LogP contribution is 2.27. The predicted molar refractivity (Wildman–Crippen MR) is 75.8 cm³/mol. The maximum absolute atomic E-state index is 11.7. The number of carbonyl (C=O) groups is 2. The zero-order valence-electron chi connectivity index (χ0n) is 10.9. The van der Waals surface area contributed by atoms with Crippen LogP contribution in [0.15, 0.2) is 18.2 Å². The molecule has 19 heavy (non-hydrogen) atoms. The molecule has 102 valence electrons. The van der Waals surface area contributed by atoms with Crippen molar-refractivity contribution in [2.75, 3.05) is 25.0 Å². The van der Waals surface area contributed by atoms with Crippen molar-refractivity contribution in [3.8, 4) is 0 Å². The molecule has 5 heteroatoms. The standard InChI is InChI=1S/C14H17ClN2O2/c1-16-14(19)10-3-2-6-17(8-10)12-5-4-11(9-18)13(15)7-12/h4-5,7,9-10H,2-3,6,8H2,1H3,(H,16,19). The molecule has 0 bridgehead atoms. The van der Waals surface area contributed by atoms with Crippen molar-refractivity contribution in [1.82, 2.24) is 5.32 Å². The van der Waals surface area contributed by atoms with Gasteiger partial charge in [-0.05, 0) is 31.0 Å². The highest BCUT2D eigenvalue weighted by atomic mass is 35.5. The van der Waals surface area contributed by atoms with Crippen LogP contribution >= 0.6 is 11.6 Å². The van der Waals surface area contributed by atoms with Gasteiger partial charge < -0.3 is 10.2 Å².